The van der Waals surface area contributed by atoms with E-state index < -0.39 is 22.0 Å². The lowest BCUT2D eigenvalue weighted by Gasteiger charge is -2.15. The maximum Gasteiger partial charge on any atom is 0.305 e. The van der Waals surface area contributed by atoms with E-state index in [0.29, 0.717) is 4.88 Å². The highest BCUT2D eigenvalue weighted by atomic mass is 79.9. The molecular weight excluding hydrogens is 384 g/mol. The van der Waals surface area contributed by atoms with Crippen LogP contribution < -0.4 is 4.72 Å². The number of aromatic nitrogens is 3. The molecule has 0 aromatic carbocycles. The number of nitrogens with zero attached hydrogens (tertiary/aromatic N) is 3. The van der Waals surface area contributed by atoms with Crippen LogP contribution in [-0.2, 0) is 21.9 Å². The molecule has 0 aliphatic heterocycles. The lowest BCUT2D eigenvalue weighted by Crippen LogP contribution is -2.31. The van der Waals surface area contributed by atoms with Crippen LogP contribution in [0.15, 0.2) is 27.1 Å². The molecule has 1 atom stereocenters. The zero-order valence-electron chi connectivity index (χ0n) is 10.7. The topological polar surface area (TPSA) is 114 Å². The number of carbonyl (C=O) groups is 1. The molecule has 11 heteroatoms. The van der Waals surface area contributed by atoms with Crippen molar-refractivity contribution in [1.82, 2.24) is 19.7 Å². The molecule has 0 spiro atoms. The second kappa shape index (κ2) is 6.22. The van der Waals surface area contributed by atoms with Gasteiger partial charge in [-0.1, -0.05) is 11.3 Å². The molecule has 0 radical (unpaired) electrons. The molecule has 2 aromatic rings. The number of hydrogen-bond acceptors (Lipinski definition) is 6. The molecule has 2 heterocycles. The third-order valence-corrected chi connectivity index (χ3v) is 5.90. The van der Waals surface area contributed by atoms with Crippen molar-refractivity contribution in [3.05, 3.63) is 27.0 Å². The summed E-state index contributed by atoms with van der Waals surface area (Å²) in [4.78, 5) is 11.6. The van der Waals surface area contributed by atoms with Gasteiger partial charge in [-0.3, -0.25) is 4.79 Å². The average molecular weight is 395 g/mol. The number of sulfonamides is 1. The molecular formula is C10H11BrN4O4S2. The Labute approximate surface area is 133 Å². The Balaban J connectivity index is 2.34. The van der Waals surface area contributed by atoms with E-state index in [-0.39, 0.29) is 16.0 Å². The minimum Gasteiger partial charge on any atom is -0.481 e. The van der Waals surface area contributed by atoms with Gasteiger partial charge < -0.3 is 5.11 Å². The van der Waals surface area contributed by atoms with Crippen molar-refractivity contribution in [2.45, 2.75) is 17.5 Å². The van der Waals surface area contributed by atoms with Crippen LogP contribution in [0, 0.1) is 0 Å². The fraction of sp³-hybridized carbons (Fsp3) is 0.300. The van der Waals surface area contributed by atoms with Crippen LogP contribution in [0.1, 0.15) is 17.3 Å². The summed E-state index contributed by atoms with van der Waals surface area (Å²) >= 11 is 4.29. The fourth-order valence-electron chi connectivity index (χ4n) is 1.72. The molecule has 2 aromatic heterocycles. The van der Waals surface area contributed by atoms with Crippen molar-refractivity contribution in [3.8, 4) is 0 Å². The summed E-state index contributed by atoms with van der Waals surface area (Å²) in [6.07, 6.45) is -0.358. The van der Waals surface area contributed by atoms with Gasteiger partial charge in [-0.25, -0.2) is 17.8 Å². The van der Waals surface area contributed by atoms with Gasteiger partial charge in [0.1, 0.15) is 0 Å². The molecule has 8 nitrogen and oxygen atoms in total. The minimum absolute atomic E-state index is 0.0674. The zero-order chi connectivity index (χ0) is 15.6. The number of halogens is 1. The van der Waals surface area contributed by atoms with E-state index in [1.165, 1.54) is 18.4 Å². The number of nitrogens with one attached hydrogen (secondary N) is 1. The Morgan fingerprint density at radius 3 is 2.81 bits per heavy atom. The second-order valence-corrected chi connectivity index (χ2v) is 7.46. The van der Waals surface area contributed by atoms with Crippen LogP contribution in [0.4, 0.5) is 0 Å². The molecule has 114 valence electrons. The van der Waals surface area contributed by atoms with Gasteiger partial charge in [-0.05, 0) is 27.4 Å². The molecule has 0 fully saturated rings. The summed E-state index contributed by atoms with van der Waals surface area (Å²) < 4.78 is 28.3. The smallest absolute Gasteiger partial charge is 0.305 e. The van der Waals surface area contributed by atoms with Crippen molar-refractivity contribution < 1.29 is 18.3 Å². The summed E-state index contributed by atoms with van der Waals surface area (Å²) in [5.41, 5.74) is 0. The molecule has 0 amide bonds. The second-order valence-electron chi connectivity index (χ2n) is 4.10. The van der Waals surface area contributed by atoms with Crippen molar-refractivity contribution in [2.24, 2.45) is 7.05 Å². The Hall–Kier alpha value is -1.30. The molecule has 0 aliphatic carbocycles. The summed E-state index contributed by atoms with van der Waals surface area (Å²) in [7, 11) is -2.53. The first-order valence-electron chi connectivity index (χ1n) is 5.64. The summed E-state index contributed by atoms with van der Waals surface area (Å²) in [6, 6.07) is 2.55. The van der Waals surface area contributed by atoms with E-state index in [4.69, 9.17) is 5.11 Å². The van der Waals surface area contributed by atoms with Gasteiger partial charge in [0, 0.05) is 11.9 Å². The number of carboxylic acid groups (broad SMARTS) is 1. The van der Waals surface area contributed by atoms with Gasteiger partial charge in [0.25, 0.3) is 10.0 Å². The normalized spacial score (nSPS) is 13.2. The Morgan fingerprint density at radius 2 is 2.33 bits per heavy atom. The van der Waals surface area contributed by atoms with Crippen molar-refractivity contribution in [2.75, 3.05) is 0 Å². The first kappa shape index (κ1) is 16.1. The third kappa shape index (κ3) is 3.67. The van der Waals surface area contributed by atoms with Gasteiger partial charge >= 0.3 is 5.97 Å². The van der Waals surface area contributed by atoms with Crippen LogP contribution >= 0.6 is 27.3 Å². The van der Waals surface area contributed by atoms with Gasteiger partial charge in [-0.15, -0.1) is 16.4 Å². The van der Waals surface area contributed by atoms with E-state index in [1.807, 2.05) is 0 Å². The molecule has 0 aliphatic rings. The van der Waals surface area contributed by atoms with Crippen molar-refractivity contribution >= 4 is 43.3 Å². The predicted molar refractivity (Wildman–Crippen MR) is 78.3 cm³/mol. The predicted octanol–water partition coefficient (Wildman–Crippen LogP) is 1.13. The highest BCUT2D eigenvalue weighted by molar-refractivity contribution is 9.10. The molecule has 0 saturated heterocycles. The van der Waals surface area contributed by atoms with Crippen LogP contribution in [-0.4, -0.2) is 34.5 Å². The average Bonchev–Trinajstić information content (AvgIpc) is 2.97. The van der Waals surface area contributed by atoms with E-state index in [9.17, 15) is 13.2 Å². The Morgan fingerprint density at radius 1 is 1.62 bits per heavy atom. The number of aryl methyl sites for hydroxylation is 1. The van der Waals surface area contributed by atoms with Crippen molar-refractivity contribution in [3.63, 3.8) is 0 Å². The maximum atomic E-state index is 12.4. The largest absolute Gasteiger partial charge is 0.481 e. The molecule has 0 saturated carbocycles. The highest BCUT2D eigenvalue weighted by Crippen LogP contribution is 2.26. The number of aliphatic carboxylic acids is 1. The monoisotopic (exact) mass is 394 g/mol. The van der Waals surface area contributed by atoms with Gasteiger partial charge in [-0.2, -0.15) is 0 Å². The summed E-state index contributed by atoms with van der Waals surface area (Å²) in [6.45, 7) is 0. The maximum absolute atomic E-state index is 12.4. The van der Waals surface area contributed by atoms with Gasteiger partial charge in [0.05, 0.1) is 12.5 Å². The van der Waals surface area contributed by atoms with E-state index in [2.05, 4.69) is 31.0 Å². The summed E-state index contributed by atoms with van der Waals surface area (Å²) in [5, 5.41) is 17.8. The third-order valence-electron chi connectivity index (χ3n) is 2.55. The van der Waals surface area contributed by atoms with Crippen LogP contribution in [0.5, 0.6) is 0 Å². The van der Waals surface area contributed by atoms with Crippen LogP contribution in [0.2, 0.25) is 0 Å². The minimum atomic E-state index is -3.96. The lowest BCUT2D eigenvalue weighted by molar-refractivity contribution is -0.137. The first-order chi connectivity index (χ1) is 9.81. The van der Waals surface area contributed by atoms with Crippen LogP contribution in [0.3, 0.4) is 0 Å². The molecule has 2 N–H and O–H groups in total. The van der Waals surface area contributed by atoms with Crippen LogP contribution in [0.25, 0.3) is 0 Å². The van der Waals surface area contributed by atoms with E-state index in [0.717, 1.165) is 4.68 Å². The molecule has 1 unspecified atom stereocenters. The fourth-order valence-corrected chi connectivity index (χ4v) is 4.88. The number of hydrogen-bond donors (Lipinski definition) is 2. The Bertz CT molecular complexity index is 722. The van der Waals surface area contributed by atoms with Gasteiger partial charge in [0.2, 0.25) is 5.03 Å². The lowest BCUT2D eigenvalue weighted by atomic mass is 10.2. The summed E-state index contributed by atoms with van der Waals surface area (Å²) in [5.74, 6) is -1.10. The van der Waals surface area contributed by atoms with E-state index >= 15 is 0 Å². The standard InChI is InChI=1S/C10H11BrN4O4S2/c1-15-10(9(11)12-14-15)21(18,19)13-6(5-8(16)17)7-3-2-4-20-7/h2-4,6,13H,5H2,1H3,(H,16,17). The zero-order valence-corrected chi connectivity index (χ0v) is 13.9. The molecule has 0 bridgehead atoms. The highest BCUT2D eigenvalue weighted by Gasteiger charge is 2.29. The molecule has 21 heavy (non-hydrogen) atoms. The van der Waals surface area contributed by atoms with E-state index in [1.54, 1.807) is 17.5 Å². The number of thiophene rings is 1. The first-order valence-corrected chi connectivity index (χ1v) is 8.79. The van der Waals surface area contributed by atoms with Crippen molar-refractivity contribution in [1.29, 1.82) is 0 Å². The molecule has 2 rings (SSSR count). The number of carboxylic acids is 1. The Kier molecular flexibility index (Phi) is 4.76. The van der Waals surface area contributed by atoms with Gasteiger partial charge in [0.15, 0.2) is 4.60 Å². The quantitative estimate of drug-likeness (QED) is 0.758. The number of rotatable bonds is 6. The SMILES string of the molecule is Cn1nnc(Br)c1S(=O)(=O)NC(CC(=O)O)c1cccs1.